The van der Waals surface area contributed by atoms with Crippen LogP contribution < -0.4 is 0 Å². The van der Waals surface area contributed by atoms with Gasteiger partial charge in [0.2, 0.25) is 5.89 Å². The molecular weight excluding hydrogens is 344 g/mol. The van der Waals surface area contributed by atoms with Crippen molar-refractivity contribution in [1.82, 2.24) is 4.98 Å². The van der Waals surface area contributed by atoms with Gasteiger partial charge in [-0.25, -0.2) is 4.98 Å². The van der Waals surface area contributed by atoms with E-state index < -0.39 is 0 Å². The van der Waals surface area contributed by atoms with Crippen LogP contribution in [0.25, 0.3) is 22.6 Å². The number of oxazole rings is 1. The van der Waals surface area contributed by atoms with Gasteiger partial charge >= 0.3 is 0 Å². The molecule has 0 saturated heterocycles. The summed E-state index contributed by atoms with van der Waals surface area (Å²) < 4.78 is 5.96. The number of benzene rings is 1. The zero-order chi connectivity index (χ0) is 18.3. The van der Waals surface area contributed by atoms with Crippen LogP contribution >= 0.6 is 11.3 Å². The zero-order valence-corrected chi connectivity index (χ0v) is 15.9. The molecule has 0 spiro atoms. The molecule has 132 valence electrons. The standard InChI is InChI=1S/C21H20N2O2S/c1-12-11-17(14(3)26-12)19-16(9-10-18(19)23-24)20-13(2)25-21(22-20)15-7-5-4-6-8-15/h4-8,11,24H,9-10H2,1-3H3/b23-18-. The van der Waals surface area contributed by atoms with Crippen molar-refractivity contribution in [2.45, 2.75) is 33.6 Å². The summed E-state index contributed by atoms with van der Waals surface area (Å²) in [6, 6.07) is 12.1. The van der Waals surface area contributed by atoms with E-state index in [1.165, 1.54) is 9.75 Å². The van der Waals surface area contributed by atoms with Crippen molar-refractivity contribution < 1.29 is 9.62 Å². The number of aromatic nitrogens is 1. The lowest BCUT2D eigenvalue weighted by Crippen LogP contribution is -1.98. The lowest BCUT2D eigenvalue weighted by molar-refractivity contribution is 0.319. The monoisotopic (exact) mass is 364 g/mol. The van der Waals surface area contributed by atoms with E-state index >= 15 is 0 Å². The van der Waals surface area contributed by atoms with Gasteiger partial charge in [0.15, 0.2) is 0 Å². The smallest absolute Gasteiger partial charge is 0.226 e. The molecule has 0 atom stereocenters. The summed E-state index contributed by atoms with van der Waals surface area (Å²) in [7, 11) is 0. The zero-order valence-electron chi connectivity index (χ0n) is 15.0. The van der Waals surface area contributed by atoms with Crippen LogP contribution in [0.1, 0.15) is 39.6 Å². The van der Waals surface area contributed by atoms with Gasteiger partial charge in [0.1, 0.15) is 11.5 Å². The Balaban J connectivity index is 1.89. The van der Waals surface area contributed by atoms with Crippen LogP contribution in [0.3, 0.4) is 0 Å². The SMILES string of the molecule is Cc1cc(C2=C(c3nc(-c4ccccc4)oc3C)CC/C2=N/O)c(C)s1. The highest BCUT2D eigenvalue weighted by molar-refractivity contribution is 7.12. The van der Waals surface area contributed by atoms with E-state index in [0.717, 1.165) is 45.9 Å². The highest BCUT2D eigenvalue weighted by Crippen LogP contribution is 2.42. The van der Waals surface area contributed by atoms with E-state index in [1.807, 2.05) is 37.3 Å². The van der Waals surface area contributed by atoms with E-state index in [4.69, 9.17) is 9.40 Å². The minimum atomic E-state index is 0.623. The summed E-state index contributed by atoms with van der Waals surface area (Å²) in [6.07, 6.45) is 1.51. The first-order chi connectivity index (χ1) is 12.6. The molecule has 26 heavy (non-hydrogen) atoms. The Morgan fingerprint density at radius 1 is 1.12 bits per heavy atom. The maximum absolute atomic E-state index is 9.53. The number of thiophene rings is 1. The third-order valence-electron chi connectivity index (χ3n) is 4.74. The quantitative estimate of drug-likeness (QED) is 0.467. The molecule has 2 aromatic heterocycles. The maximum atomic E-state index is 9.53. The Morgan fingerprint density at radius 2 is 1.88 bits per heavy atom. The predicted octanol–water partition coefficient (Wildman–Crippen LogP) is 5.86. The molecule has 4 rings (SSSR count). The highest BCUT2D eigenvalue weighted by atomic mass is 32.1. The van der Waals surface area contributed by atoms with Crippen LogP contribution in [-0.4, -0.2) is 15.9 Å². The highest BCUT2D eigenvalue weighted by Gasteiger charge is 2.29. The van der Waals surface area contributed by atoms with Crippen molar-refractivity contribution in [3.05, 3.63) is 63.2 Å². The predicted molar refractivity (Wildman–Crippen MR) is 106 cm³/mol. The summed E-state index contributed by atoms with van der Waals surface area (Å²) in [5.74, 6) is 1.41. The first kappa shape index (κ1) is 16.8. The van der Waals surface area contributed by atoms with E-state index in [0.29, 0.717) is 12.3 Å². The molecule has 0 bridgehead atoms. The molecule has 1 aromatic carbocycles. The molecule has 0 amide bonds. The Hall–Kier alpha value is -2.66. The molecule has 4 nitrogen and oxygen atoms in total. The Morgan fingerprint density at radius 3 is 2.54 bits per heavy atom. The second kappa shape index (κ2) is 6.57. The van der Waals surface area contributed by atoms with Crippen LogP contribution in [0.2, 0.25) is 0 Å². The molecule has 0 aliphatic heterocycles. The summed E-state index contributed by atoms with van der Waals surface area (Å²) in [6.45, 7) is 6.15. The lowest BCUT2D eigenvalue weighted by Gasteiger charge is -2.06. The van der Waals surface area contributed by atoms with Gasteiger partial charge in [-0.15, -0.1) is 11.3 Å². The van der Waals surface area contributed by atoms with Crippen LogP contribution in [-0.2, 0) is 0 Å². The van der Waals surface area contributed by atoms with Crippen LogP contribution in [0.4, 0.5) is 0 Å². The van der Waals surface area contributed by atoms with Gasteiger partial charge in [-0.05, 0) is 62.9 Å². The van der Waals surface area contributed by atoms with Gasteiger partial charge in [0.25, 0.3) is 0 Å². The van der Waals surface area contributed by atoms with Gasteiger partial charge in [0, 0.05) is 20.9 Å². The molecule has 2 heterocycles. The van der Waals surface area contributed by atoms with Crippen molar-refractivity contribution in [3.63, 3.8) is 0 Å². The topological polar surface area (TPSA) is 58.6 Å². The third-order valence-corrected chi connectivity index (χ3v) is 5.70. The molecule has 0 radical (unpaired) electrons. The number of rotatable bonds is 3. The number of allylic oxidation sites excluding steroid dienone is 2. The average Bonchev–Trinajstić information content (AvgIpc) is 3.31. The van der Waals surface area contributed by atoms with Crippen molar-refractivity contribution in [1.29, 1.82) is 0 Å². The largest absolute Gasteiger partial charge is 0.441 e. The minimum Gasteiger partial charge on any atom is -0.441 e. The molecule has 1 aliphatic rings. The molecule has 0 saturated carbocycles. The summed E-state index contributed by atoms with van der Waals surface area (Å²) in [5, 5.41) is 13.1. The van der Waals surface area contributed by atoms with Crippen LogP contribution in [0, 0.1) is 20.8 Å². The Bertz CT molecular complexity index is 1030. The fourth-order valence-corrected chi connectivity index (χ4v) is 4.51. The van der Waals surface area contributed by atoms with Gasteiger partial charge < -0.3 is 9.62 Å². The average molecular weight is 364 g/mol. The second-order valence-corrected chi connectivity index (χ2v) is 7.98. The molecule has 3 aromatic rings. The normalized spacial score (nSPS) is 16.0. The summed E-state index contributed by atoms with van der Waals surface area (Å²) in [5.41, 5.74) is 5.79. The van der Waals surface area contributed by atoms with Crippen LogP contribution in [0.5, 0.6) is 0 Å². The van der Waals surface area contributed by atoms with E-state index in [2.05, 4.69) is 25.1 Å². The summed E-state index contributed by atoms with van der Waals surface area (Å²) >= 11 is 1.76. The number of oxime groups is 1. The molecule has 0 fully saturated rings. The van der Waals surface area contributed by atoms with Gasteiger partial charge in [-0.2, -0.15) is 0 Å². The van der Waals surface area contributed by atoms with Gasteiger partial charge in [-0.3, -0.25) is 0 Å². The fraction of sp³-hybridized carbons (Fsp3) is 0.238. The fourth-order valence-electron chi connectivity index (χ4n) is 3.58. The molecule has 1 aliphatic carbocycles. The van der Waals surface area contributed by atoms with E-state index in [9.17, 15) is 5.21 Å². The lowest BCUT2D eigenvalue weighted by atomic mass is 9.99. The van der Waals surface area contributed by atoms with E-state index in [-0.39, 0.29) is 0 Å². The van der Waals surface area contributed by atoms with Gasteiger partial charge in [-0.1, -0.05) is 23.4 Å². The first-order valence-corrected chi connectivity index (χ1v) is 9.45. The maximum Gasteiger partial charge on any atom is 0.226 e. The van der Waals surface area contributed by atoms with Crippen molar-refractivity contribution in [2.75, 3.05) is 0 Å². The molecule has 1 N–H and O–H groups in total. The van der Waals surface area contributed by atoms with Crippen molar-refractivity contribution >= 4 is 28.2 Å². The Labute approximate surface area is 156 Å². The number of aryl methyl sites for hydroxylation is 3. The number of hydrogen-bond donors (Lipinski definition) is 1. The Kier molecular flexibility index (Phi) is 4.24. The third kappa shape index (κ3) is 2.78. The first-order valence-electron chi connectivity index (χ1n) is 8.63. The van der Waals surface area contributed by atoms with Crippen LogP contribution in [0.15, 0.2) is 46.0 Å². The number of nitrogens with zero attached hydrogens (tertiary/aromatic N) is 2. The molecular formula is C21H20N2O2S. The molecule has 0 unspecified atom stereocenters. The minimum absolute atomic E-state index is 0.623. The summed E-state index contributed by atoms with van der Waals surface area (Å²) in [4.78, 5) is 7.26. The second-order valence-electron chi connectivity index (χ2n) is 6.52. The van der Waals surface area contributed by atoms with Gasteiger partial charge in [0.05, 0.1) is 5.71 Å². The van der Waals surface area contributed by atoms with Crippen molar-refractivity contribution in [3.8, 4) is 11.5 Å². The number of hydrogen-bond acceptors (Lipinski definition) is 5. The van der Waals surface area contributed by atoms with Crippen molar-refractivity contribution in [2.24, 2.45) is 5.16 Å². The molecule has 5 heteroatoms. The van der Waals surface area contributed by atoms with E-state index in [1.54, 1.807) is 11.3 Å².